The van der Waals surface area contributed by atoms with Gasteiger partial charge in [-0.25, -0.2) is 4.98 Å². The molecule has 2 N–H and O–H groups in total. The van der Waals surface area contributed by atoms with Crippen molar-refractivity contribution >= 4 is 34.5 Å². The van der Waals surface area contributed by atoms with E-state index >= 15 is 0 Å². The Bertz CT molecular complexity index is 1300. The van der Waals surface area contributed by atoms with E-state index in [1.165, 1.54) is 37.6 Å². The Hall–Kier alpha value is -3.19. The first-order valence-corrected chi connectivity index (χ1v) is 12.9. The number of nitrogens with zero attached hydrogens (tertiary/aromatic N) is 4. The van der Waals surface area contributed by atoms with Gasteiger partial charge in [-0.15, -0.1) is 0 Å². The number of benzene rings is 2. The number of hydrogen-bond donors (Lipinski definition) is 1. The maximum absolute atomic E-state index is 12.6. The lowest BCUT2D eigenvalue weighted by molar-refractivity contribution is 0.0998. The number of imidazole rings is 1. The molecule has 1 unspecified atom stereocenters. The van der Waals surface area contributed by atoms with Crippen LogP contribution in [0.3, 0.4) is 0 Å². The number of aromatic nitrogens is 2. The Kier molecular flexibility index (Phi) is 5.80. The number of likely N-dealkylation sites (N-methyl/N-ethyl adjacent to an activating group) is 1. The zero-order valence-electron chi connectivity index (χ0n) is 20.4. The molecule has 3 aliphatic rings. The van der Waals surface area contributed by atoms with Crippen LogP contribution in [0, 0.1) is 0 Å². The first kappa shape index (κ1) is 22.3. The highest BCUT2D eigenvalue weighted by atomic mass is 16.5. The second-order valence-corrected chi connectivity index (χ2v) is 10.2. The second kappa shape index (κ2) is 9.11. The molecule has 2 aromatic carbocycles. The van der Waals surface area contributed by atoms with Gasteiger partial charge in [0.15, 0.2) is 0 Å². The van der Waals surface area contributed by atoms with Crippen molar-refractivity contribution in [2.45, 2.75) is 63.5 Å². The standard InChI is InChI=1S/C28H33N5O2/c1-32(16-20-8-5-13-35-20)25-15-22(27-21(11-12-30-27)26(25)28(29)34)18-9-10-24-23(14-18)31-17-33(24)19-6-3-2-4-7-19/h9-10,12,14-15,17,19-20H,2-8,11,13,16H2,1H3,(H2,29,34). The van der Waals surface area contributed by atoms with Crippen LogP contribution in [0.25, 0.3) is 22.2 Å². The van der Waals surface area contributed by atoms with Crippen molar-refractivity contribution in [3.8, 4) is 11.1 Å². The molecule has 1 atom stereocenters. The minimum Gasteiger partial charge on any atom is -0.376 e. The Morgan fingerprint density at radius 3 is 2.80 bits per heavy atom. The molecule has 7 nitrogen and oxygen atoms in total. The van der Waals surface area contributed by atoms with Crippen molar-refractivity contribution in [2.75, 3.05) is 25.1 Å². The fraction of sp³-hybridized carbons (Fsp3) is 0.464. The molecule has 182 valence electrons. The fourth-order valence-electron chi connectivity index (χ4n) is 6.12. The first-order chi connectivity index (χ1) is 17.1. The number of hydrogen-bond acceptors (Lipinski definition) is 5. The summed E-state index contributed by atoms with van der Waals surface area (Å²) in [7, 11) is 2.02. The molecule has 3 aromatic rings. The predicted molar refractivity (Wildman–Crippen MR) is 140 cm³/mol. The molecule has 1 saturated heterocycles. The van der Waals surface area contributed by atoms with Crippen LogP contribution >= 0.6 is 0 Å². The Labute approximate surface area is 206 Å². The summed E-state index contributed by atoms with van der Waals surface area (Å²) in [4.78, 5) is 24.2. The van der Waals surface area contributed by atoms with Gasteiger partial charge >= 0.3 is 0 Å². The molecule has 0 bridgehead atoms. The smallest absolute Gasteiger partial charge is 0.251 e. The molecular weight excluding hydrogens is 438 g/mol. The first-order valence-electron chi connectivity index (χ1n) is 12.9. The lowest BCUT2D eigenvalue weighted by Gasteiger charge is -2.27. The van der Waals surface area contributed by atoms with Gasteiger partial charge in [-0.1, -0.05) is 25.3 Å². The highest BCUT2D eigenvalue weighted by molar-refractivity contribution is 6.06. The summed E-state index contributed by atoms with van der Waals surface area (Å²) in [5.41, 5.74) is 13.3. The van der Waals surface area contributed by atoms with Crippen LogP contribution in [0.4, 0.5) is 11.4 Å². The van der Waals surface area contributed by atoms with Crippen molar-refractivity contribution < 1.29 is 9.53 Å². The van der Waals surface area contributed by atoms with Crippen LogP contribution in [-0.2, 0) is 11.2 Å². The number of ether oxygens (including phenoxy) is 1. The predicted octanol–water partition coefficient (Wildman–Crippen LogP) is 5.18. The Morgan fingerprint density at radius 1 is 1.17 bits per heavy atom. The summed E-state index contributed by atoms with van der Waals surface area (Å²) in [5.74, 6) is -0.408. The van der Waals surface area contributed by atoms with Crippen LogP contribution in [0.15, 0.2) is 35.6 Å². The lowest BCUT2D eigenvalue weighted by Crippen LogP contribution is -2.31. The molecule has 1 amide bonds. The fourth-order valence-corrected chi connectivity index (χ4v) is 6.12. The number of carbonyl (C=O) groups excluding carboxylic acids is 1. The molecule has 1 aliphatic carbocycles. The topological polar surface area (TPSA) is 85.7 Å². The van der Waals surface area contributed by atoms with Crippen LogP contribution in [0.1, 0.15) is 66.9 Å². The number of anilines is 1. The summed E-state index contributed by atoms with van der Waals surface area (Å²) < 4.78 is 8.22. The summed E-state index contributed by atoms with van der Waals surface area (Å²) in [6.07, 6.45) is 13.2. The van der Waals surface area contributed by atoms with Gasteiger partial charge in [-0.05, 0) is 55.0 Å². The highest BCUT2D eigenvalue weighted by Crippen LogP contribution is 2.43. The number of nitrogens with two attached hydrogens (primary N) is 1. The zero-order valence-corrected chi connectivity index (χ0v) is 20.4. The van der Waals surface area contributed by atoms with Gasteiger partial charge in [0.05, 0.1) is 40.4 Å². The number of primary amides is 1. The van der Waals surface area contributed by atoms with Crippen molar-refractivity contribution in [3.63, 3.8) is 0 Å². The van der Waals surface area contributed by atoms with E-state index in [1.807, 2.05) is 19.6 Å². The van der Waals surface area contributed by atoms with E-state index < -0.39 is 5.91 Å². The monoisotopic (exact) mass is 471 g/mol. The molecule has 1 aromatic heterocycles. The van der Waals surface area contributed by atoms with E-state index in [0.717, 1.165) is 59.6 Å². The van der Waals surface area contributed by atoms with Gasteiger partial charge in [-0.3, -0.25) is 9.79 Å². The summed E-state index contributed by atoms with van der Waals surface area (Å²) >= 11 is 0. The van der Waals surface area contributed by atoms with Crippen molar-refractivity contribution in [1.82, 2.24) is 9.55 Å². The average Bonchev–Trinajstić information content (AvgIpc) is 3.63. The van der Waals surface area contributed by atoms with E-state index in [0.29, 0.717) is 18.0 Å². The van der Waals surface area contributed by atoms with Crippen LogP contribution < -0.4 is 10.6 Å². The number of amides is 1. The maximum atomic E-state index is 12.6. The van der Waals surface area contributed by atoms with Crippen molar-refractivity contribution in [1.29, 1.82) is 0 Å². The molecule has 2 fully saturated rings. The van der Waals surface area contributed by atoms with Gasteiger partial charge < -0.3 is 19.9 Å². The zero-order chi connectivity index (χ0) is 23.9. The molecule has 0 radical (unpaired) electrons. The number of aliphatic imine (C=N–C) groups is 1. The van der Waals surface area contributed by atoms with Crippen LogP contribution in [-0.4, -0.2) is 48.0 Å². The second-order valence-electron chi connectivity index (χ2n) is 10.2. The van der Waals surface area contributed by atoms with E-state index in [9.17, 15) is 4.79 Å². The summed E-state index contributed by atoms with van der Waals surface area (Å²) in [5, 5.41) is 0. The van der Waals surface area contributed by atoms with Gasteiger partial charge in [0, 0.05) is 44.4 Å². The molecule has 7 heteroatoms. The van der Waals surface area contributed by atoms with Crippen molar-refractivity contribution in [2.24, 2.45) is 10.7 Å². The average molecular weight is 472 g/mol. The number of carbonyl (C=O) groups is 1. The molecule has 1 saturated carbocycles. The van der Waals surface area contributed by atoms with Gasteiger partial charge in [0.2, 0.25) is 0 Å². The van der Waals surface area contributed by atoms with E-state index in [4.69, 9.17) is 15.5 Å². The van der Waals surface area contributed by atoms with Gasteiger partial charge in [0.1, 0.15) is 0 Å². The Morgan fingerprint density at radius 2 is 2.03 bits per heavy atom. The minimum absolute atomic E-state index is 0.175. The molecule has 35 heavy (non-hydrogen) atoms. The SMILES string of the molecule is CN(CC1CCCO1)c1cc(-c2ccc3c(c2)ncn3C2CCCCC2)c2c(c1C(N)=O)CC=N2. The number of fused-ring (bicyclic) bond motifs is 2. The molecule has 2 aliphatic heterocycles. The van der Waals surface area contributed by atoms with Gasteiger partial charge in [0.25, 0.3) is 5.91 Å². The third-order valence-electron chi connectivity index (χ3n) is 7.91. The van der Waals surface area contributed by atoms with Gasteiger partial charge in [-0.2, -0.15) is 0 Å². The highest BCUT2D eigenvalue weighted by Gasteiger charge is 2.27. The molecule has 3 heterocycles. The third-order valence-corrected chi connectivity index (χ3v) is 7.91. The lowest BCUT2D eigenvalue weighted by atomic mass is 9.93. The van der Waals surface area contributed by atoms with Crippen LogP contribution in [0.5, 0.6) is 0 Å². The van der Waals surface area contributed by atoms with Crippen molar-refractivity contribution in [3.05, 3.63) is 41.7 Å². The number of rotatable bonds is 6. The summed E-state index contributed by atoms with van der Waals surface area (Å²) in [6, 6.07) is 9.14. The van der Waals surface area contributed by atoms with E-state index in [-0.39, 0.29) is 6.10 Å². The minimum atomic E-state index is -0.408. The third kappa shape index (κ3) is 4.01. The van der Waals surface area contributed by atoms with Crippen LogP contribution in [0.2, 0.25) is 0 Å². The summed E-state index contributed by atoms with van der Waals surface area (Å²) in [6.45, 7) is 1.53. The van der Waals surface area contributed by atoms with E-state index in [2.05, 4.69) is 38.7 Å². The molecular formula is C28H33N5O2. The normalized spacial score (nSPS) is 20.0. The maximum Gasteiger partial charge on any atom is 0.251 e. The van der Waals surface area contributed by atoms with E-state index in [1.54, 1.807) is 0 Å². The molecule has 6 rings (SSSR count). The quantitative estimate of drug-likeness (QED) is 0.537. The largest absolute Gasteiger partial charge is 0.376 e. The Balaban J connectivity index is 1.42. The molecule has 0 spiro atoms.